The summed E-state index contributed by atoms with van der Waals surface area (Å²) in [5, 5.41) is 4.17. The first-order chi connectivity index (χ1) is 10.2. The Balaban J connectivity index is 1.78. The molecule has 1 aromatic rings. The fourth-order valence-corrected chi connectivity index (χ4v) is 3.57. The number of esters is 1. The van der Waals surface area contributed by atoms with E-state index in [1.165, 1.54) is 12.8 Å². The molecule has 0 bridgehead atoms. The van der Waals surface area contributed by atoms with Gasteiger partial charge in [-0.15, -0.1) is 0 Å². The molecule has 2 saturated carbocycles. The normalized spacial score (nSPS) is 27.9. The zero-order valence-electron chi connectivity index (χ0n) is 12.9. The average Bonchev–Trinajstić information content (AvgIpc) is 2.88. The van der Waals surface area contributed by atoms with Crippen molar-refractivity contribution in [2.75, 3.05) is 6.61 Å². The highest BCUT2D eigenvalue weighted by Gasteiger charge is 2.52. The molecule has 0 aliphatic heterocycles. The highest BCUT2D eigenvalue weighted by molar-refractivity contribution is 5.83. The van der Waals surface area contributed by atoms with Crippen LogP contribution in [0.4, 0.5) is 0 Å². The van der Waals surface area contributed by atoms with E-state index in [4.69, 9.17) is 9.26 Å². The molecular formula is C16H24N2O3. The molecule has 2 aliphatic rings. The third kappa shape index (κ3) is 2.58. The van der Waals surface area contributed by atoms with Gasteiger partial charge in [-0.3, -0.25) is 4.79 Å². The molecule has 2 fully saturated rings. The van der Waals surface area contributed by atoms with E-state index in [0.717, 1.165) is 37.9 Å². The maximum atomic E-state index is 12.2. The van der Waals surface area contributed by atoms with Crippen LogP contribution in [0.1, 0.15) is 76.4 Å². The van der Waals surface area contributed by atoms with Gasteiger partial charge in [0.2, 0.25) is 5.89 Å². The fourth-order valence-electron chi connectivity index (χ4n) is 3.57. The second-order valence-corrected chi connectivity index (χ2v) is 6.58. The molecular weight excluding hydrogens is 268 g/mol. The Morgan fingerprint density at radius 1 is 1.38 bits per heavy atom. The Hall–Kier alpha value is -1.39. The molecule has 3 rings (SSSR count). The van der Waals surface area contributed by atoms with Crippen LogP contribution >= 0.6 is 0 Å². The maximum absolute atomic E-state index is 12.2. The zero-order chi connectivity index (χ0) is 14.9. The van der Waals surface area contributed by atoms with Crippen LogP contribution in [0.3, 0.4) is 0 Å². The fraction of sp³-hybridized carbons (Fsp3) is 0.812. The highest BCUT2D eigenvalue weighted by atomic mass is 16.5. The molecule has 2 unspecified atom stereocenters. The van der Waals surface area contributed by atoms with Crippen molar-refractivity contribution in [1.29, 1.82) is 0 Å². The lowest BCUT2D eigenvalue weighted by Gasteiger charge is -2.35. The van der Waals surface area contributed by atoms with Crippen molar-refractivity contribution in [3.63, 3.8) is 0 Å². The summed E-state index contributed by atoms with van der Waals surface area (Å²) in [6.45, 7) is 4.49. The van der Waals surface area contributed by atoms with Gasteiger partial charge in [-0.2, -0.15) is 4.98 Å². The minimum absolute atomic E-state index is 0.205. The van der Waals surface area contributed by atoms with Gasteiger partial charge >= 0.3 is 5.97 Å². The molecule has 5 heteroatoms. The predicted molar refractivity (Wildman–Crippen MR) is 76.8 cm³/mol. The van der Waals surface area contributed by atoms with Crippen molar-refractivity contribution in [2.24, 2.45) is 5.92 Å². The Kier molecular flexibility index (Phi) is 4.00. The van der Waals surface area contributed by atoms with E-state index in [2.05, 4.69) is 17.1 Å². The summed E-state index contributed by atoms with van der Waals surface area (Å²) in [5.74, 6) is 2.15. The molecule has 0 spiro atoms. The van der Waals surface area contributed by atoms with E-state index in [-0.39, 0.29) is 5.97 Å². The van der Waals surface area contributed by atoms with Crippen LogP contribution in [0.2, 0.25) is 0 Å². The van der Waals surface area contributed by atoms with Gasteiger partial charge in [0.05, 0.1) is 6.61 Å². The van der Waals surface area contributed by atoms with E-state index >= 15 is 0 Å². The van der Waals surface area contributed by atoms with Crippen molar-refractivity contribution in [3.8, 4) is 0 Å². The van der Waals surface area contributed by atoms with Crippen molar-refractivity contribution in [1.82, 2.24) is 10.1 Å². The van der Waals surface area contributed by atoms with Crippen LogP contribution in [-0.4, -0.2) is 22.7 Å². The third-order valence-corrected chi connectivity index (χ3v) is 5.03. The Morgan fingerprint density at radius 2 is 2.19 bits per heavy atom. The first kappa shape index (κ1) is 14.5. The first-order valence-electron chi connectivity index (χ1n) is 8.17. The summed E-state index contributed by atoms with van der Waals surface area (Å²) in [7, 11) is 0. The SMILES string of the molecule is CCOC(=O)C1(c2nc(C3CCCC(C)C3)no2)CCC1. The highest BCUT2D eigenvalue weighted by Crippen LogP contribution is 2.45. The zero-order valence-corrected chi connectivity index (χ0v) is 12.9. The Bertz CT molecular complexity index is 507. The average molecular weight is 292 g/mol. The van der Waals surface area contributed by atoms with Gasteiger partial charge in [-0.1, -0.05) is 31.3 Å². The van der Waals surface area contributed by atoms with Crippen LogP contribution in [0.15, 0.2) is 4.52 Å². The number of ether oxygens (including phenoxy) is 1. The number of hydrogen-bond acceptors (Lipinski definition) is 5. The van der Waals surface area contributed by atoms with Crippen LogP contribution in [-0.2, 0) is 14.9 Å². The van der Waals surface area contributed by atoms with E-state index < -0.39 is 5.41 Å². The van der Waals surface area contributed by atoms with Gasteiger partial charge in [0, 0.05) is 5.92 Å². The van der Waals surface area contributed by atoms with Gasteiger partial charge in [-0.05, 0) is 38.5 Å². The van der Waals surface area contributed by atoms with E-state index in [1.807, 2.05) is 6.92 Å². The smallest absolute Gasteiger partial charge is 0.321 e. The molecule has 5 nitrogen and oxygen atoms in total. The second kappa shape index (κ2) is 5.78. The molecule has 2 atom stereocenters. The summed E-state index contributed by atoms with van der Waals surface area (Å²) in [6.07, 6.45) is 7.27. The van der Waals surface area contributed by atoms with Gasteiger partial charge in [0.1, 0.15) is 5.41 Å². The molecule has 0 aromatic carbocycles. The molecule has 0 amide bonds. The topological polar surface area (TPSA) is 65.2 Å². The second-order valence-electron chi connectivity index (χ2n) is 6.58. The molecule has 0 saturated heterocycles. The van der Waals surface area contributed by atoms with Gasteiger partial charge in [0.15, 0.2) is 5.82 Å². The molecule has 0 N–H and O–H groups in total. The van der Waals surface area contributed by atoms with Crippen LogP contribution < -0.4 is 0 Å². The molecule has 21 heavy (non-hydrogen) atoms. The Labute approximate surface area is 125 Å². The number of hydrogen-bond donors (Lipinski definition) is 0. The predicted octanol–water partition coefficient (Wildman–Crippen LogP) is 3.35. The van der Waals surface area contributed by atoms with E-state index in [0.29, 0.717) is 24.3 Å². The summed E-state index contributed by atoms with van der Waals surface area (Å²) in [4.78, 5) is 16.8. The lowest BCUT2D eigenvalue weighted by molar-refractivity contribution is -0.155. The summed E-state index contributed by atoms with van der Waals surface area (Å²) in [6, 6.07) is 0. The number of carbonyl (C=O) groups excluding carboxylic acids is 1. The van der Waals surface area contributed by atoms with Crippen molar-refractivity contribution in [2.45, 2.75) is 70.1 Å². The van der Waals surface area contributed by atoms with E-state index in [9.17, 15) is 4.79 Å². The molecule has 0 radical (unpaired) electrons. The number of rotatable bonds is 4. The molecule has 116 valence electrons. The number of carbonyl (C=O) groups is 1. The number of nitrogens with zero attached hydrogens (tertiary/aromatic N) is 2. The Morgan fingerprint density at radius 3 is 2.81 bits per heavy atom. The quantitative estimate of drug-likeness (QED) is 0.796. The monoisotopic (exact) mass is 292 g/mol. The van der Waals surface area contributed by atoms with Crippen LogP contribution in [0.5, 0.6) is 0 Å². The molecule has 1 heterocycles. The number of aromatic nitrogens is 2. The minimum Gasteiger partial charge on any atom is -0.465 e. The maximum Gasteiger partial charge on any atom is 0.321 e. The lowest BCUT2D eigenvalue weighted by atomic mass is 9.68. The summed E-state index contributed by atoms with van der Waals surface area (Å²) >= 11 is 0. The summed E-state index contributed by atoms with van der Waals surface area (Å²) < 4.78 is 10.7. The lowest BCUT2D eigenvalue weighted by Crippen LogP contribution is -2.44. The van der Waals surface area contributed by atoms with Gasteiger partial charge in [0.25, 0.3) is 0 Å². The van der Waals surface area contributed by atoms with Gasteiger partial charge in [-0.25, -0.2) is 0 Å². The minimum atomic E-state index is -0.665. The third-order valence-electron chi connectivity index (χ3n) is 5.03. The van der Waals surface area contributed by atoms with E-state index in [1.54, 1.807) is 0 Å². The van der Waals surface area contributed by atoms with Crippen molar-refractivity contribution in [3.05, 3.63) is 11.7 Å². The largest absolute Gasteiger partial charge is 0.465 e. The van der Waals surface area contributed by atoms with Crippen molar-refractivity contribution >= 4 is 5.97 Å². The van der Waals surface area contributed by atoms with Gasteiger partial charge < -0.3 is 9.26 Å². The first-order valence-corrected chi connectivity index (χ1v) is 8.17. The molecule has 1 aromatic heterocycles. The van der Waals surface area contributed by atoms with Crippen LogP contribution in [0.25, 0.3) is 0 Å². The standard InChI is InChI=1S/C16H24N2O3/c1-3-20-15(19)16(8-5-9-16)14-17-13(18-21-14)12-7-4-6-11(2)10-12/h11-12H,3-10H2,1-2H3. The van der Waals surface area contributed by atoms with Crippen molar-refractivity contribution < 1.29 is 14.1 Å². The molecule has 2 aliphatic carbocycles. The van der Waals surface area contributed by atoms with Crippen LogP contribution in [0, 0.1) is 5.92 Å². The summed E-state index contributed by atoms with van der Waals surface area (Å²) in [5.41, 5.74) is -0.665.